The van der Waals surface area contributed by atoms with Crippen LogP contribution in [-0.4, -0.2) is 85.4 Å². The molecule has 8 nitrogen and oxygen atoms in total. The van der Waals surface area contributed by atoms with Crippen molar-refractivity contribution in [2.45, 2.75) is 13.5 Å². The zero-order valence-corrected chi connectivity index (χ0v) is 20.7. The Kier molecular flexibility index (Phi) is 9.56. The lowest BCUT2D eigenvalue weighted by atomic mass is 10.2. The van der Waals surface area contributed by atoms with Gasteiger partial charge in [-0.3, -0.25) is 9.89 Å². The maximum Gasteiger partial charge on any atom is 0.194 e. The Morgan fingerprint density at radius 1 is 1.27 bits per heavy atom. The highest BCUT2D eigenvalue weighted by atomic mass is 127. The number of nitrogens with one attached hydrogen (secondary N) is 2. The Morgan fingerprint density at radius 2 is 1.97 bits per heavy atom. The molecular formula is C20H31IN6O2S. The third-order valence-corrected chi connectivity index (χ3v) is 6.52. The maximum absolute atomic E-state index is 11.5. The van der Waals surface area contributed by atoms with Crippen LogP contribution in [0.1, 0.15) is 12.7 Å². The van der Waals surface area contributed by atoms with Gasteiger partial charge in [0, 0.05) is 33.2 Å². The van der Waals surface area contributed by atoms with Gasteiger partial charge in [-0.25, -0.2) is 13.4 Å². The molecule has 0 radical (unpaired) electrons. The highest BCUT2D eigenvalue weighted by molar-refractivity contribution is 14.0. The van der Waals surface area contributed by atoms with Gasteiger partial charge in [-0.05, 0) is 12.5 Å². The smallest absolute Gasteiger partial charge is 0.194 e. The Bertz CT molecular complexity index is 902. The number of aromatic nitrogens is 2. The van der Waals surface area contributed by atoms with Crippen molar-refractivity contribution in [2.75, 3.05) is 51.3 Å². The minimum atomic E-state index is -2.84. The number of hydrogen-bond donors (Lipinski definition) is 2. The average Bonchev–Trinajstić information content (AvgIpc) is 3.17. The minimum Gasteiger partial charge on any atom is -0.357 e. The monoisotopic (exact) mass is 546 g/mol. The summed E-state index contributed by atoms with van der Waals surface area (Å²) in [6, 6.07) is 10.1. The Labute approximate surface area is 196 Å². The van der Waals surface area contributed by atoms with Gasteiger partial charge < -0.3 is 15.2 Å². The number of rotatable bonds is 7. The Balaban J connectivity index is 0.00000320. The summed E-state index contributed by atoms with van der Waals surface area (Å²) in [5.74, 6) is 2.19. The van der Waals surface area contributed by atoms with Crippen molar-refractivity contribution in [1.82, 2.24) is 25.1 Å². The fraction of sp³-hybridized carbons (Fsp3) is 0.500. The van der Waals surface area contributed by atoms with Gasteiger partial charge in [-0.1, -0.05) is 30.3 Å². The molecule has 2 N–H and O–H groups in total. The van der Waals surface area contributed by atoms with E-state index >= 15 is 0 Å². The largest absolute Gasteiger partial charge is 0.357 e. The summed E-state index contributed by atoms with van der Waals surface area (Å²) in [5.41, 5.74) is 2.11. The molecule has 1 aromatic carbocycles. The van der Waals surface area contributed by atoms with Gasteiger partial charge in [0.15, 0.2) is 15.8 Å². The number of H-pyrrole nitrogens is 1. The normalized spacial score (nSPS) is 16.7. The lowest BCUT2D eigenvalue weighted by molar-refractivity contribution is 0.303. The molecule has 1 aromatic heterocycles. The van der Waals surface area contributed by atoms with Gasteiger partial charge in [0.1, 0.15) is 5.82 Å². The number of hydrogen-bond acceptors (Lipinski definition) is 5. The highest BCUT2D eigenvalue weighted by Crippen LogP contribution is 2.16. The lowest BCUT2D eigenvalue weighted by Gasteiger charge is -2.26. The molecule has 3 rings (SSSR count). The van der Waals surface area contributed by atoms with E-state index in [1.165, 1.54) is 0 Å². The molecule has 166 valence electrons. The van der Waals surface area contributed by atoms with E-state index in [4.69, 9.17) is 4.99 Å². The van der Waals surface area contributed by atoms with Crippen molar-refractivity contribution in [3.63, 3.8) is 0 Å². The number of imidazole rings is 1. The maximum atomic E-state index is 11.5. The third-order valence-electron chi connectivity index (χ3n) is 4.91. The molecule has 1 saturated heterocycles. The first kappa shape index (κ1) is 24.6. The van der Waals surface area contributed by atoms with Crippen LogP contribution in [0.4, 0.5) is 0 Å². The molecule has 0 amide bonds. The molecule has 2 heterocycles. The van der Waals surface area contributed by atoms with Crippen molar-refractivity contribution in [1.29, 1.82) is 0 Å². The average molecular weight is 546 g/mol. The quantitative estimate of drug-likeness (QED) is 0.313. The molecule has 0 spiro atoms. The third kappa shape index (κ3) is 7.24. The van der Waals surface area contributed by atoms with Gasteiger partial charge in [-0.15, -0.1) is 24.0 Å². The fourth-order valence-corrected chi connectivity index (χ4v) is 4.52. The van der Waals surface area contributed by atoms with Gasteiger partial charge in [0.25, 0.3) is 0 Å². The van der Waals surface area contributed by atoms with E-state index in [0.717, 1.165) is 36.1 Å². The van der Waals surface area contributed by atoms with Crippen LogP contribution < -0.4 is 5.32 Å². The van der Waals surface area contributed by atoms with Crippen molar-refractivity contribution in [2.24, 2.45) is 4.99 Å². The fourth-order valence-electron chi connectivity index (χ4n) is 3.25. The second kappa shape index (κ2) is 11.7. The zero-order chi connectivity index (χ0) is 20.7. The number of sulfone groups is 1. The van der Waals surface area contributed by atoms with E-state index in [-0.39, 0.29) is 35.5 Å². The molecule has 1 aliphatic rings. The van der Waals surface area contributed by atoms with E-state index in [1.807, 2.05) is 43.3 Å². The standard InChI is InChI=1S/C20H30N6O2S.HI/c1-3-21-20(22-9-10-26-11-13-29(27,28)14-12-26)25(2)16-19-23-15-18(24-19)17-7-5-4-6-8-17;/h4-8,15H,3,9-14,16H2,1-2H3,(H,21,22)(H,23,24);1H. The van der Waals surface area contributed by atoms with Crippen LogP contribution in [0, 0.1) is 0 Å². The molecule has 10 heteroatoms. The summed E-state index contributed by atoms with van der Waals surface area (Å²) in [6.07, 6.45) is 1.85. The Morgan fingerprint density at radius 3 is 2.63 bits per heavy atom. The molecule has 0 saturated carbocycles. The molecule has 0 bridgehead atoms. The summed E-state index contributed by atoms with van der Waals surface area (Å²) < 4.78 is 23.1. The van der Waals surface area contributed by atoms with Gasteiger partial charge >= 0.3 is 0 Å². The number of aromatic amines is 1. The first-order valence-electron chi connectivity index (χ1n) is 9.98. The molecular weight excluding hydrogens is 515 g/mol. The Hall–Kier alpha value is -1.66. The summed E-state index contributed by atoms with van der Waals surface area (Å²) in [4.78, 5) is 16.8. The van der Waals surface area contributed by atoms with Crippen molar-refractivity contribution in [3.8, 4) is 11.3 Å². The van der Waals surface area contributed by atoms with Crippen LogP contribution in [0.15, 0.2) is 41.5 Å². The number of aliphatic imine (C=N–C) groups is 1. The van der Waals surface area contributed by atoms with Gasteiger partial charge in [0.05, 0.1) is 36.5 Å². The number of nitrogens with zero attached hydrogens (tertiary/aromatic N) is 4. The van der Waals surface area contributed by atoms with Crippen LogP contribution in [0.3, 0.4) is 0 Å². The van der Waals surface area contributed by atoms with Crippen molar-refractivity contribution >= 4 is 39.8 Å². The minimum absolute atomic E-state index is 0. The predicted molar refractivity (Wildman–Crippen MR) is 132 cm³/mol. The SMILES string of the molecule is CCNC(=NCCN1CCS(=O)(=O)CC1)N(C)Cc1ncc(-c2ccccc2)[nH]1.I. The second-order valence-electron chi connectivity index (χ2n) is 7.19. The summed E-state index contributed by atoms with van der Waals surface area (Å²) >= 11 is 0. The topological polar surface area (TPSA) is 93.7 Å². The summed E-state index contributed by atoms with van der Waals surface area (Å²) in [5, 5.41) is 3.31. The second-order valence-corrected chi connectivity index (χ2v) is 9.50. The predicted octanol–water partition coefficient (Wildman–Crippen LogP) is 1.82. The molecule has 0 unspecified atom stereocenters. The first-order valence-corrected chi connectivity index (χ1v) is 11.8. The summed E-state index contributed by atoms with van der Waals surface area (Å²) in [6.45, 7) is 6.01. The van der Waals surface area contributed by atoms with E-state index in [1.54, 1.807) is 0 Å². The van der Waals surface area contributed by atoms with Crippen LogP contribution >= 0.6 is 24.0 Å². The van der Waals surface area contributed by atoms with E-state index in [9.17, 15) is 8.42 Å². The van der Waals surface area contributed by atoms with E-state index in [0.29, 0.717) is 26.2 Å². The molecule has 0 atom stereocenters. The molecule has 2 aromatic rings. The molecule has 1 fully saturated rings. The van der Waals surface area contributed by atoms with E-state index < -0.39 is 9.84 Å². The van der Waals surface area contributed by atoms with Crippen molar-refractivity contribution < 1.29 is 8.42 Å². The molecule has 30 heavy (non-hydrogen) atoms. The highest BCUT2D eigenvalue weighted by Gasteiger charge is 2.21. The van der Waals surface area contributed by atoms with E-state index in [2.05, 4.69) is 32.3 Å². The number of guanidine groups is 1. The lowest BCUT2D eigenvalue weighted by Crippen LogP contribution is -2.42. The van der Waals surface area contributed by atoms with Crippen LogP contribution in [0.25, 0.3) is 11.3 Å². The van der Waals surface area contributed by atoms with Crippen LogP contribution in [0.5, 0.6) is 0 Å². The van der Waals surface area contributed by atoms with Crippen molar-refractivity contribution in [3.05, 3.63) is 42.4 Å². The van der Waals surface area contributed by atoms with Crippen LogP contribution in [0.2, 0.25) is 0 Å². The summed E-state index contributed by atoms with van der Waals surface area (Å²) in [7, 11) is -0.855. The number of halogens is 1. The van der Waals surface area contributed by atoms with Crippen LogP contribution in [-0.2, 0) is 16.4 Å². The zero-order valence-electron chi connectivity index (χ0n) is 17.5. The van der Waals surface area contributed by atoms with Gasteiger partial charge in [-0.2, -0.15) is 0 Å². The van der Waals surface area contributed by atoms with Gasteiger partial charge in [0.2, 0.25) is 0 Å². The first-order chi connectivity index (χ1) is 14.0. The molecule has 1 aliphatic heterocycles. The number of benzene rings is 1. The molecule has 0 aliphatic carbocycles.